The molecule has 4 aromatic rings. The molecule has 0 aliphatic carbocycles. The van der Waals surface area contributed by atoms with Crippen LogP contribution in [0.3, 0.4) is 0 Å². The van der Waals surface area contributed by atoms with Crippen molar-refractivity contribution in [2.75, 3.05) is 14.2 Å². The Hall–Kier alpha value is -3.61. The zero-order valence-electron chi connectivity index (χ0n) is 15.4. The van der Waals surface area contributed by atoms with E-state index in [9.17, 15) is 9.18 Å². The number of halogens is 1. The van der Waals surface area contributed by atoms with Crippen molar-refractivity contribution in [2.24, 2.45) is 0 Å². The van der Waals surface area contributed by atoms with Crippen molar-refractivity contribution in [2.45, 2.75) is 6.54 Å². The molecule has 6 nitrogen and oxygen atoms in total. The van der Waals surface area contributed by atoms with Gasteiger partial charge in [0.05, 0.1) is 26.3 Å². The number of aromatic nitrogens is 3. The fraction of sp³-hybridized carbons (Fsp3) is 0.143. The molecular weight excluding hydrogens is 361 g/mol. The normalized spacial score (nSPS) is 11.0. The molecule has 0 radical (unpaired) electrons. The smallest absolute Gasteiger partial charge is 0.327 e. The fourth-order valence-corrected chi connectivity index (χ4v) is 3.22. The Kier molecular flexibility index (Phi) is 4.57. The summed E-state index contributed by atoms with van der Waals surface area (Å²) in [5, 5.41) is 0. The van der Waals surface area contributed by atoms with E-state index < -0.39 is 0 Å². The summed E-state index contributed by atoms with van der Waals surface area (Å²) in [6.07, 6.45) is 1.68. The van der Waals surface area contributed by atoms with Crippen molar-refractivity contribution >= 4 is 11.2 Å². The van der Waals surface area contributed by atoms with Gasteiger partial charge >= 0.3 is 5.69 Å². The topological polar surface area (TPSA) is 69.1 Å². The molecule has 0 aliphatic heterocycles. The summed E-state index contributed by atoms with van der Waals surface area (Å²) in [6.45, 7) is 0.305. The quantitative estimate of drug-likeness (QED) is 0.575. The molecule has 1 N–H and O–H groups in total. The number of imidazole rings is 1. The first-order valence-corrected chi connectivity index (χ1v) is 8.65. The SMILES string of the molecule is COc1cccc(-c2cnc3[nH]c(=O)n(Cc4ccc(F)cc4)c3c2)c1OC. The van der Waals surface area contributed by atoms with Crippen LogP contribution in [0.15, 0.2) is 59.5 Å². The van der Waals surface area contributed by atoms with Crippen molar-refractivity contribution < 1.29 is 13.9 Å². The van der Waals surface area contributed by atoms with E-state index in [4.69, 9.17) is 9.47 Å². The van der Waals surface area contributed by atoms with Gasteiger partial charge < -0.3 is 9.47 Å². The van der Waals surface area contributed by atoms with Crippen molar-refractivity contribution in [3.8, 4) is 22.6 Å². The molecule has 2 aromatic carbocycles. The molecular formula is C21H18FN3O3. The minimum absolute atomic E-state index is 0.276. The van der Waals surface area contributed by atoms with Crippen molar-refractivity contribution in [1.82, 2.24) is 14.5 Å². The lowest BCUT2D eigenvalue weighted by atomic mass is 10.1. The van der Waals surface area contributed by atoms with E-state index in [0.29, 0.717) is 29.2 Å². The average molecular weight is 379 g/mol. The number of methoxy groups -OCH3 is 2. The summed E-state index contributed by atoms with van der Waals surface area (Å²) in [5.41, 5.74) is 3.26. The lowest BCUT2D eigenvalue weighted by Crippen LogP contribution is -2.17. The predicted octanol–water partition coefficient (Wildman–Crippen LogP) is 3.60. The Morgan fingerprint density at radius 3 is 2.61 bits per heavy atom. The molecule has 7 heteroatoms. The Morgan fingerprint density at radius 2 is 1.89 bits per heavy atom. The van der Waals surface area contributed by atoms with Crippen LogP contribution in [0.2, 0.25) is 0 Å². The van der Waals surface area contributed by atoms with Crippen LogP contribution in [0, 0.1) is 5.82 Å². The number of nitrogens with zero attached hydrogens (tertiary/aromatic N) is 2. The number of para-hydroxylation sites is 1. The van der Waals surface area contributed by atoms with Crippen molar-refractivity contribution in [3.63, 3.8) is 0 Å². The van der Waals surface area contributed by atoms with Gasteiger partial charge in [-0.05, 0) is 29.8 Å². The minimum Gasteiger partial charge on any atom is -0.493 e. The molecule has 0 aliphatic rings. The molecule has 28 heavy (non-hydrogen) atoms. The number of rotatable bonds is 5. The molecule has 0 spiro atoms. The van der Waals surface area contributed by atoms with Crippen LogP contribution in [-0.4, -0.2) is 28.8 Å². The number of hydrogen-bond donors (Lipinski definition) is 1. The Morgan fingerprint density at radius 1 is 1.11 bits per heavy atom. The zero-order valence-corrected chi connectivity index (χ0v) is 15.4. The molecule has 0 atom stereocenters. The van der Waals surface area contributed by atoms with Gasteiger partial charge in [0.1, 0.15) is 5.82 Å². The van der Waals surface area contributed by atoms with Gasteiger partial charge in [0.15, 0.2) is 17.1 Å². The number of pyridine rings is 1. The van der Waals surface area contributed by atoms with Gasteiger partial charge in [-0.15, -0.1) is 0 Å². The molecule has 0 saturated heterocycles. The predicted molar refractivity (Wildman–Crippen MR) is 104 cm³/mol. The van der Waals surface area contributed by atoms with E-state index in [2.05, 4.69) is 9.97 Å². The van der Waals surface area contributed by atoms with Crippen LogP contribution in [0.5, 0.6) is 11.5 Å². The Balaban J connectivity index is 1.83. The van der Waals surface area contributed by atoms with Crippen LogP contribution in [0.4, 0.5) is 4.39 Å². The molecule has 0 unspecified atom stereocenters. The standard InChI is InChI=1S/C21H18FN3O3/c1-27-18-5-3-4-16(19(18)28-2)14-10-17-20(23-11-14)24-21(26)25(17)12-13-6-8-15(22)9-7-13/h3-11H,12H2,1-2H3,(H,23,24,26). The van der Waals surface area contributed by atoms with E-state index >= 15 is 0 Å². The lowest BCUT2D eigenvalue weighted by molar-refractivity contribution is 0.356. The van der Waals surface area contributed by atoms with Gasteiger partial charge in [0.2, 0.25) is 0 Å². The summed E-state index contributed by atoms with van der Waals surface area (Å²) >= 11 is 0. The summed E-state index contributed by atoms with van der Waals surface area (Å²) in [4.78, 5) is 19.6. The van der Waals surface area contributed by atoms with E-state index in [0.717, 1.165) is 16.7 Å². The molecule has 0 saturated carbocycles. The number of ether oxygens (including phenoxy) is 2. The maximum Gasteiger partial charge on any atom is 0.327 e. The second kappa shape index (κ2) is 7.19. The van der Waals surface area contributed by atoms with Gasteiger partial charge in [-0.2, -0.15) is 0 Å². The van der Waals surface area contributed by atoms with Crippen LogP contribution in [-0.2, 0) is 6.54 Å². The van der Waals surface area contributed by atoms with Crippen molar-refractivity contribution in [3.05, 3.63) is 76.6 Å². The van der Waals surface area contributed by atoms with Gasteiger partial charge in [0, 0.05) is 17.3 Å². The summed E-state index contributed by atoms with van der Waals surface area (Å²) in [7, 11) is 3.16. The highest BCUT2D eigenvalue weighted by Gasteiger charge is 2.15. The average Bonchev–Trinajstić information content (AvgIpc) is 3.03. The van der Waals surface area contributed by atoms with Crippen molar-refractivity contribution in [1.29, 1.82) is 0 Å². The number of fused-ring (bicyclic) bond motifs is 1. The maximum absolute atomic E-state index is 13.2. The summed E-state index contributed by atoms with van der Waals surface area (Å²) in [6, 6.07) is 13.5. The number of H-pyrrole nitrogens is 1. The molecule has 2 heterocycles. The first kappa shape index (κ1) is 17.8. The Bertz CT molecular complexity index is 1200. The number of nitrogens with one attached hydrogen (secondary N) is 1. The highest BCUT2D eigenvalue weighted by molar-refractivity contribution is 5.81. The first-order valence-electron chi connectivity index (χ1n) is 8.65. The van der Waals surface area contributed by atoms with Gasteiger partial charge in [-0.3, -0.25) is 9.55 Å². The Labute approximate surface area is 160 Å². The van der Waals surface area contributed by atoms with E-state index in [-0.39, 0.29) is 11.5 Å². The molecule has 0 fully saturated rings. The third-order valence-corrected chi connectivity index (χ3v) is 4.60. The molecule has 142 valence electrons. The monoisotopic (exact) mass is 379 g/mol. The molecule has 2 aromatic heterocycles. The van der Waals surface area contributed by atoms with Crippen LogP contribution >= 0.6 is 0 Å². The number of benzene rings is 2. The van der Waals surface area contributed by atoms with Gasteiger partial charge in [-0.1, -0.05) is 24.3 Å². The second-order valence-electron chi connectivity index (χ2n) is 6.28. The van der Waals surface area contributed by atoms with Crippen LogP contribution < -0.4 is 15.2 Å². The van der Waals surface area contributed by atoms with Crippen LogP contribution in [0.1, 0.15) is 5.56 Å². The number of hydrogen-bond acceptors (Lipinski definition) is 4. The fourth-order valence-electron chi connectivity index (χ4n) is 3.22. The van der Waals surface area contributed by atoms with E-state index in [1.807, 2.05) is 24.3 Å². The maximum atomic E-state index is 13.2. The molecule has 4 rings (SSSR count). The number of aromatic amines is 1. The van der Waals surface area contributed by atoms with Gasteiger partial charge in [0.25, 0.3) is 0 Å². The van der Waals surface area contributed by atoms with E-state index in [1.165, 1.54) is 12.1 Å². The lowest BCUT2D eigenvalue weighted by Gasteiger charge is -2.12. The van der Waals surface area contributed by atoms with Crippen LogP contribution in [0.25, 0.3) is 22.3 Å². The first-order chi connectivity index (χ1) is 13.6. The van der Waals surface area contributed by atoms with Gasteiger partial charge in [-0.25, -0.2) is 14.2 Å². The summed E-state index contributed by atoms with van der Waals surface area (Å²) < 4.78 is 25.6. The second-order valence-corrected chi connectivity index (χ2v) is 6.28. The highest BCUT2D eigenvalue weighted by atomic mass is 19.1. The molecule has 0 amide bonds. The highest BCUT2D eigenvalue weighted by Crippen LogP contribution is 2.38. The summed E-state index contributed by atoms with van der Waals surface area (Å²) in [5.74, 6) is 0.885. The zero-order chi connectivity index (χ0) is 19.7. The van der Waals surface area contributed by atoms with E-state index in [1.54, 1.807) is 37.1 Å². The minimum atomic E-state index is -0.316. The third-order valence-electron chi connectivity index (χ3n) is 4.60. The third kappa shape index (κ3) is 3.11. The largest absolute Gasteiger partial charge is 0.493 e. The molecule has 0 bridgehead atoms.